The molecule has 0 bridgehead atoms. The van der Waals surface area contributed by atoms with Crippen molar-refractivity contribution in [2.75, 3.05) is 0 Å². The van der Waals surface area contributed by atoms with E-state index < -0.39 is 5.97 Å². The van der Waals surface area contributed by atoms with Crippen LogP contribution in [0, 0.1) is 0 Å². The van der Waals surface area contributed by atoms with Crippen molar-refractivity contribution in [1.82, 2.24) is 4.57 Å². The Labute approximate surface area is 141 Å². The van der Waals surface area contributed by atoms with Gasteiger partial charge < -0.3 is 9.67 Å². The predicted molar refractivity (Wildman–Crippen MR) is 91.5 cm³/mol. The van der Waals surface area contributed by atoms with Gasteiger partial charge in [0.2, 0.25) is 0 Å². The third kappa shape index (κ3) is 3.18. The number of hydrogen-bond donors (Lipinski definition) is 1. The van der Waals surface area contributed by atoms with E-state index in [4.69, 9.17) is 16.7 Å². The van der Waals surface area contributed by atoms with E-state index in [2.05, 4.69) is 20.5 Å². The number of aliphatic carboxylic acids is 1. The Kier molecular flexibility index (Phi) is 4.23. The minimum atomic E-state index is -0.829. The summed E-state index contributed by atoms with van der Waals surface area (Å²) in [5.41, 5.74) is 2.90. The summed E-state index contributed by atoms with van der Waals surface area (Å²) in [4.78, 5) is 11.1. The summed E-state index contributed by atoms with van der Waals surface area (Å²) >= 11 is 9.51. The van der Waals surface area contributed by atoms with Gasteiger partial charge in [-0.2, -0.15) is 0 Å². The van der Waals surface area contributed by atoms with Crippen molar-refractivity contribution in [1.29, 1.82) is 0 Å². The van der Waals surface area contributed by atoms with Gasteiger partial charge in [-0.3, -0.25) is 4.79 Å². The molecule has 2 aromatic carbocycles. The molecule has 1 heterocycles. The van der Waals surface area contributed by atoms with E-state index in [-0.39, 0.29) is 6.42 Å². The predicted octanol–water partition coefficient (Wildman–Crippen LogP) is 4.73. The van der Waals surface area contributed by atoms with Gasteiger partial charge in [0.05, 0.1) is 6.42 Å². The lowest BCUT2D eigenvalue weighted by molar-refractivity contribution is -0.136. The number of carboxylic acids is 1. The Morgan fingerprint density at radius 3 is 2.77 bits per heavy atom. The van der Waals surface area contributed by atoms with Gasteiger partial charge in [0.25, 0.3) is 0 Å². The van der Waals surface area contributed by atoms with Gasteiger partial charge in [0.1, 0.15) is 0 Å². The van der Waals surface area contributed by atoms with E-state index in [0.717, 1.165) is 26.5 Å². The largest absolute Gasteiger partial charge is 0.481 e. The molecule has 3 nitrogen and oxygen atoms in total. The lowest BCUT2D eigenvalue weighted by Gasteiger charge is -2.06. The molecule has 22 heavy (non-hydrogen) atoms. The molecule has 3 aromatic rings. The Balaban J connectivity index is 2.08. The maximum atomic E-state index is 11.1. The molecule has 0 amide bonds. The van der Waals surface area contributed by atoms with Crippen molar-refractivity contribution in [2.45, 2.75) is 13.0 Å². The van der Waals surface area contributed by atoms with Crippen molar-refractivity contribution in [3.63, 3.8) is 0 Å². The number of aromatic nitrogens is 1. The molecule has 112 valence electrons. The highest BCUT2D eigenvalue weighted by Crippen LogP contribution is 2.26. The standard InChI is InChI=1S/C17H13BrClNO2/c18-13-4-5-15-12(7-17(21)22)10-20(16(15)8-13)9-11-2-1-3-14(19)6-11/h1-6,8,10H,7,9H2,(H,21,22). The molecule has 0 aliphatic rings. The highest BCUT2D eigenvalue weighted by molar-refractivity contribution is 9.10. The fourth-order valence-corrected chi connectivity index (χ4v) is 3.17. The van der Waals surface area contributed by atoms with Gasteiger partial charge in [-0.15, -0.1) is 0 Å². The Morgan fingerprint density at radius 1 is 1.23 bits per heavy atom. The van der Waals surface area contributed by atoms with E-state index in [0.29, 0.717) is 11.6 Å². The van der Waals surface area contributed by atoms with Crippen LogP contribution < -0.4 is 0 Å². The van der Waals surface area contributed by atoms with Gasteiger partial charge >= 0.3 is 5.97 Å². The second kappa shape index (κ2) is 6.15. The number of carboxylic acid groups (broad SMARTS) is 1. The van der Waals surface area contributed by atoms with E-state index in [1.54, 1.807) is 0 Å². The van der Waals surface area contributed by atoms with Gasteiger partial charge in [0.15, 0.2) is 0 Å². The highest BCUT2D eigenvalue weighted by atomic mass is 79.9. The average molecular weight is 379 g/mol. The Morgan fingerprint density at radius 2 is 2.05 bits per heavy atom. The third-order valence-electron chi connectivity index (χ3n) is 3.51. The van der Waals surface area contributed by atoms with Crippen LogP contribution in [0.4, 0.5) is 0 Å². The molecule has 0 spiro atoms. The number of fused-ring (bicyclic) bond motifs is 1. The topological polar surface area (TPSA) is 42.2 Å². The van der Waals surface area contributed by atoms with Crippen molar-refractivity contribution in [3.8, 4) is 0 Å². The van der Waals surface area contributed by atoms with Gasteiger partial charge in [-0.1, -0.05) is 45.7 Å². The quantitative estimate of drug-likeness (QED) is 0.713. The van der Waals surface area contributed by atoms with E-state index in [1.165, 1.54) is 0 Å². The molecular weight excluding hydrogens is 366 g/mol. The highest BCUT2D eigenvalue weighted by Gasteiger charge is 2.12. The molecule has 0 atom stereocenters. The van der Waals surface area contributed by atoms with E-state index >= 15 is 0 Å². The molecule has 0 aliphatic carbocycles. The lowest BCUT2D eigenvalue weighted by Crippen LogP contribution is -2.00. The third-order valence-corrected chi connectivity index (χ3v) is 4.24. The number of hydrogen-bond acceptors (Lipinski definition) is 1. The maximum absolute atomic E-state index is 11.1. The fourth-order valence-electron chi connectivity index (χ4n) is 2.61. The molecule has 0 unspecified atom stereocenters. The van der Waals surface area contributed by atoms with Crippen LogP contribution in [-0.4, -0.2) is 15.6 Å². The molecule has 3 rings (SSSR count). The summed E-state index contributed by atoms with van der Waals surface area (Å²) in [6, 6.07) is 13.6. The average Bonchev–Trinajstić information content (AvgIpc) is 2.75. The first-order valence-corrected chi connectivity index (χ1v) is 7.93. The van der Waals surface area contributed by atoms with Gasteiger partial charge in [-0.25, -0.2) is 0 Å². The SMILES string of the molecule is O=C(O)Cc1cn(Cc2cccc(Cl)c2)c2cc(Br)ccc12. The van der Waals surface area contributed by atoms with E-state index in [9.17, 15) is 4.79 Å². The summed E-state index contributed by atoms with van der Waals surface area (Å²) in [5, 5.41) is 10.7. The number of nitrogens with zero attached hydrogens (tertiary/aromatic N) is 1. The molecule has 0 aliphatic heterocycles. The molecule has 5 heteroatoms. The summed E-state index contributed by atoms with van der Waals surface area (Å²) in [5.74, 6) is -0.829. The van der Waals surface area contributed by atoms with Crippen LogP contribution >= 0.6 is 27.5 Å². The molecule has 0 radical (unpaired) electrons. The summed E-state index contributed by atoms with van der Waals surface area (Å²) in [6.07, 6.45) is 1.92. The molecule has 0 fully saturated rings. The molecule has 0 saturated carbocycles. The second-order valence-electron chi connectivity index (χ2n) is 5.14. The van der Waals surface area contributed by atoms with Crippen LogP contribution in [0.3, 0.4) is 0 Å². The number of rotatable bonds is 4. The number of carbonyl (C=O) groups is 1. The first-order valence-electron chi connectivity index (χ1n) is 6.76. The molecule has 1 N–H and O–H groups in total. The Hall–Kier alpha value is -1.78. The van der Waals surface area contributed by atoms with Gasteiger partial charge in [0, 0.05) is 33.1 Å². The zero-order valence-electron chi connectivity index (χ0n) is 11.6. The molecule has 1 aromatic heterocycles. The smallest absolute Gasteiger partial charge is 0.307 e. The Bertz CT molecular complexity index is 857. The van der Waals surface area contributed by atoms with Crippen LogP contribution in [0.15, 0.2) is 53.1 Å². The maximum Gasteiger partial charge on any atom is 0.307 e. The minimum absolute atomic E-state index is 0.0146. The number of benzene rings is 2. The lowest BCUT2D eigenvalue weighted by atomic mass is 10.1. The summed E-state index contributed by atoms with van der Waals surface area (Å²) in [7, 11) is 0. The van der Waals surface area contributed by atoms with Crippen LogP contribution in [0.1, 0.15) is 11.1 Å². The van der Waals surface area contributed by atoms with E-state index in [1.807, 2.05) is 48.7 Å². The zero-order valence-corrected chi connectivity index (χ0v) is 13.9. The van der Waals surface area contributed by atoms with Crippen LogP contribution in [0.2, 0.25) is 5.02 Å². The summed E-state index contributed by atoms with van der Waals surface area (Å²) < 4.78 is 3.02. The molecular formula is C17H13BrClNO2. The normalized spacial score (nSPS) is 11.0. The van der Waals surface area contributed by atoms with Crippen LogP contribution in [0.5, 0.6) is 0 Å². The van der Waals surface area contributed by atoms with Crippen molar-refractivity contribution in [3.05, 3.63) is 69.3 Å². The molecule has 0 saturated heterocycles. The van der Waals surface area contributed by atoms with Crippen molar-refractivity contribution < 1.29 is 9.90 Å². The van der Waals surface area contributed by atoms with Crippen LogP contribution in [-0.2, 0) is 17.8 Å². The zero-order chi connectivity index (χ0) is 15.7. The first kappa shape index (κ1) is 15.1. The van der Waals surface area contributed by atoms with Gasteiger partial charge in [-0.05, 0) is 35.4 Å². The van der Waals surface area contributed by atoms with Crippen molar-refractivity contribution in [2.24, 2.45) is 0 Å². The second-order valence-corrected chi connectivity index (χ2v) is 6.50. The minimum Gasteiger partial charge on any atom is -0.481 e. The van der Waals surface area contributed by atoms with Crippen molar-refractivity contribution >= 4 is 44.4 Å². The fraction of sp³-hybridized carbons (Fsp3) is 0.118. The first-order chi connectivity index (χ1) is 10.5. The van der Waals surface area contributed by atoms with Crippen LogP contribution in [0.25, 0.3) is 10.9 Å². The summed E-state index contributed by atoms with van der Waals surface area (Å²) in [6.45, 7) is 0.646. The monoisotopic (exact) mass is 377 g/mol. The number of halogens is 2.